The van der Waals surface area contributed by atoms with E-state index in [1.165, 1.54) is 0 Å². The first-order valence-electron chi connectivity index (χ1n) is 3.59. The topological polar surface area (TPSA) is 35.0 Å². The van der Waals surface area contributed by atoms with E-state index >= 15 is 0 Å². The van der Waals surface area contributed by atoms with Gasteiger partial charge in [0.2, 0.25) is 0 Å². The molecule has 60 valence electrons. The van der Waals surface area contributed by atoms with Gasteiger partial charge in [0.05, 0.1) is 6.61 Å². The van der Waals surface area contributed by atoms with Gasteiger partial charge in [-0.1, -0.05) is 0 Å². The van der Waals surface area contributed by atoms with Gasteiger partial charge in [0.15, 0.2) is 0 Å². The molecule has 0 radical (unpaired) electrons. The molecule has 0 aliphatic heterocycles. The Morgan fingerprint density at radius 2 is 2.36 bits per heavy atom. The highest BCUT2D eigenvalue weighted by Crippen LogP contribution is 2.01. The van der Waals surface area contributed by atoms with Crippen molar-refractivity contribution in [2.45, 2.75) is 13.3 Å². The maximum atomic E-state index is 4.94. The second-order valence-corrected chi connectivity index (χ2v) is 2.40. The molecule has 0 saturated heterocycles. The maximum absolute atomic E-state index is 4.94. The Hall–Kier alpha value is -0.960. The van der Waals surface area contributed by atoms with Crippen LogP contribution in [0.15, 0.2) is 12.5 Å². The summed E-state index contributed by atoms with van der Waals surface area (Å²) in [6.45, 7) is 2.73. The van der Waals surface area contributed by atoms with Crippen molar-refractivity contribution < 1.29 is 4.74 Å². The fourth-order valence-corrected chi connectivity index (χ4v) is 0.885. The summed E-state index contributed by atoms with van der Waals surface area (Å²) in [4.78, 5) is 8.03. The van der Waals surface area contributed by atoms with Crippen LogP contribution in [0.2, 0.25) is 0 Å². The molecule has 0 amide bonds. The zero-order chi connectivity index (χ0) is 8.10. The van der Waals surface area contributed by atoms with E-state index in [0.717, 1.165) is 24.3 Å². The summed E-state index contributed by atoms with van der Waals surface area (Å²) in [5, 5.41) is 0. The molecule has 0 aromatic carbocycles. The predicted molar refractivity (Wildman–Crippen MR) is 42.3 cm³/mol. The molecule has 1 rings (SSSR count). The Bertz CT molecular complexity index is 225. The van der Waals surface area contributed by atoms with Crippen molar-refractivity contribution >= 4 is 0 Å². The number of nitrogens with zero attached hydrogens (tertiary/aromatic N) is 2. The largest absolute Gasteiger partial charge is 0.384 e. The second kappa shape index (κ2) is 4.03. The lowest BCUT2D eigenvalue weighted by Gasteiger charge is -2.01. The van der Waals surface area contributed by atoms with Crippen LogP contribution in [-0.4, -0.2) is 23.7 Å². The molecular weight excluding hydrogens is 140 g/mol. The van der Waals surface area contributed by atoms with Crippen LogP contribution >= 0.6 is 0 Å². The molecule has 0 aliphatic carbocycles. The Labute approximate surface area is 66.4 Å². The van der Waals surface area contributed by atoms with E-state index < -0.39 is 0 Å². The third kappa shape index (κ3) is 2.27. The molecule has 0 spiro atoms. The number of rotatable bonds is 3. The lowest BCUT2D eigenvalue weighted by molar-refractivity contribution is 0.201. The third-order valence-corrected chi connectivity index (χ3v) is 1.55. The predicted octanol–water partition coefficient (Wildman–Crippen LogP) is 0.974. The summed E-state index contributed by atoms with van der Waals surface area (Å²) in [5.74, 6) is 0. The second-order valence-electron chi connectivity index (χ2n) is 2.40. The molecule has 0 fully saturated rings. The van der Waals surface area contributed by atoms with Crippen LogP contribution in [-0.2, 0) is 11.2 Å². The van der Waals surface area contributed by atoms with E-state index in [9.17, 15) is 0 Å². The van der Waals surface area contributed by atoms with E-state index in [1.807, 2.05) is 13.1 Å². The normalized spacial score (nSPS) is 10.0. The Balaban J connectivity index is 2.62. The Morgan fingerprint density at radius 1 is 1.55 bits per heavy atom. The third-order valence-electron chi connectivity index (χ3n) is 1.55. The quantitative estimate of drug-likeness (QED) is 0.647. The summed E-state index contributed by atoms with van der Waals surface area (Å²) in [6.07, 6.45) is 4.25. The highest BCUT2D eigenvalue weighted by molar-refractivity contribution is 5.13. The zero-order valence-corrected chi connectivity index (χ0v) is 6.87. The number of hydrogen-bond donors (Lipinski definition) is 0. The summed E-state index contributed by atoms with van der Waals surface area (Å²) >= 11 is 0. The maximum Gasteiger partial charge on any atom is 0.115 e. The summed E-state index contributed by atoms with van der Waals surface area (Å²) in [6, 6.07) is 0. The SMILES string of the molecule is COCCc1ncncc1C. The van der Waals surface area contributed by atoms with Gasteiger partial charge < -0.3 is 4.74 Å². The molecule has 0 bridgehead atoms. The van der Waals surface area contributed by atoms with Crippen molar-refractivity contribution in [3.63, 3.8) is 0 Å². The lowest BCUT2D eigenvalue weighted by Crippen LogP contribution is -2.00. The molecule has 3 nitrogen and oxygen atoms in total. The lowest BCUT2D eigenvalue weighted by atomic mass is 10.2. The first-order chi connectivity index (χ1) is 5.34. The van der Waals surface area contributed by atoms with Crippen molar-refractivity contribution in [2.75, 3.05) is 13.7 Å². The van der Waals surface area contributed by atoms with Gasteiger partial charge in [0.25, 0.3) is 0 Å². The molecule has 0 atom stereocenters. The summed E-state index contributed by atoms with van der Waals surface area (Å²) in [5.41, 5.74) is 2.20. The van der Waals surface area contributed by atoms with Crippen LogP contribution < -0.4 is 0 Å². The average Bonchev–Trinajstić information content (AvgIpc) is 2.03. The molecular formula is C8H12N2O. The number of aromatic nitrogens is 2. The molecule has 0 unspecified atom stereocenters. The van der Waals surface area contributed by atoms with Gasteiger partial charge in [0, 0.05) is 25.4 Å². The molecule has 0 aliphatic rings. The Kier molecular flexibility index (Phi) is 2.98. The molecule has 1 aromatic rings. The van der Waals surface area contributed by atoms with Crippen LogP contribution in [0.5, 0.6) is 0 Å². The summed E-state index contributed by atoms with van der Waals surface area (Å²) in [7, 11) is 1.69. The monoisotopic (exact) mass is 152 g/mol. The molecule has 3 heteroatoms. The van der Waals surface area contributed by atoms with Crippen molar-refractivity contribution in [3.05, 3.63) is 23.8 Å². The van der Waals surface area contributed by atoms with Crippen molar-refractivity contribution in [1.82, 2.24) is 9.97 Å². The van der Waals surface area contributed by atoms with Gasteiger partial charge in [0.1, 0.15) is 6.33 Å². The minimum Gasteiger partial charge on any atom is -0.384 e. The van der Waals surface area contributed by atoms with Gasteiger partial charge in [-0.25, -0.2) is 9.97 Å². The zero-order valence-electron chi connectivity index (χ0n) is 6.87. The van der Waals surface area contributed by atoms with Crippen LogP contribution in [0.25, 0.3) is 0 Å². The van der Waals surface area contributed by atoms with E-state index in [4.69, 9.17) is 4.74 Å². The molecule has 1 aromatic heterocycles. The Morgan fingerprint density at radius 3 is 3.00 bits per heavy atom. The molecule has 0 N–H and O–H groups in total. The molecule has 11 heavy (non-hydrogen) atoms. The van der Waals surface area contributed by atoms with Crippen LogP contribution in [0, 0.1) is 6.92 Å². The molecule has 0 saturated carbocycles. The number of methoxy groups -OCH3 is 1. The number of hydrogen-bond acceptors (Lipinski definition) is 3. The minimum absolute atomic E-state index is 0.720. The first-order valence-corrected chi connectivity index (χ1v) is 3.59. The van der Waals surface area contributed by atoms with Gasteiger partial charge in [-0.05, 0) is 12.5 Å². The van der Waals surface area contributed by atoms with Gasteiger partial charge in [-0.15, -0.1) is 0 Å². The van der Waals surface area contributed by atoms with Crippen molar-refractivity contribution in [2.24, 2.45) is 0 Å². The first kappa shape index (κ1) is 8.14. The van der Waals surface area contributed by atoms with E-state index in [2.05, 4.69) is 9.97 Å². The van der Waals surface area contributed by atoms with E-state index in [1.54, 1.807) is 13.4 Å². The average molecular weight is 152 g/mol. The van der Waals surface area contributed by atoms with E-state index in [0.29, 0.717) is 0 Å². The van der Waals surface area contributed by atoms with Crippen molar-refractivity contribution in [1.29, 1.82) is 0 Å². The molecule has 1 heterocycles. The smallest absolute Gasteiger partial charge is 0.115 e. The van der Waals surface area contributed by atoms with Gasteiger partial charge >= 0.3 is 0 Å². The van der Waals surface area contributed by atoms with Crippen LogP contribution in [0.3, 0.4) is 0 Å². The minimum atomic E-state index is 0.720. The number of aryl methyl sites for hydroxylation is 1. The van der Waals surface area contributed by atoms with Gasteiger partial charge in [-0.2, -0.15) is 0 Å². The van der Waals surface area contributed by atoms with Crippen LogP contribution in [0.4, 0.5) is 0 Å². The highest BCUT2D eigenvalue weighted by Gasteiger charge is 1.97. The van der Waals surface area contributed by atoms with Crippen LogP contribution in [0.1, 0.15) is 11.3 Å². The summed E-state index contributed by atoms with van der Waals surface area (Å²) < 4.78 is 4.94. The fourth-order valence-electron chi connectivity index (χ4n) is 0.885. The standard InChI is InChI=1S/C8H12N2O/c1-7-5-9-6-10-8(7)3-4-11-2/h5-6H,3-4H2,1-2H3. The van der Waals surface area contributed by atoms with Crippen molar-refractivity contribution in [3.8, 4) is 0 Å². The highest BCUT2D eigenvalue weighted by atomic mass is 16.5. The fraction of sp³-hybridized carbons (Fsp3) is 0.500. The van der Waals surface area contributed by atoms with Gasteiger partial charge in [-0.3, -0.25) is 0 Å². The van der Waals surface area contributed by atoms with E-state index in [-0.39, 0.29) is 0 Å². The number of ether oxygens (including phenoxy) is 1.